The number of hydrogen-bond donors (Lipinski definition) is 2. The molecule has 172 valence electrons. The molecule has 2 aromatic rings. The molecule has 4 rings (SSSR count). The van der Waals surface area contributed by atoms with Gasteiger partial charge in [-0.25, -0.2) is 0 Å². The number of aryl methyl sites for hydroxylation is 1. The zero-order valence-corrected chi connectivity index (χ0v) is 19.8. The van der Waals surface area contributed by atoms with Crippen LogP contribution in [0.5, 0.6) is 0 Å². The van der Waals surface area contributed by atoms with Crippen molar-refractivity contribution in [3.8, 4) is 0 Å². The van der Waals surface area contributed by atoms with Gasteiger partial charge in [0.25, 0.3) is 0 Å². The summed E-state index contributed by atoms with van der Waals surface area (Å²) in [6.07, 6.45) is 7.60. The number of amides is 2. The third kappa shape index (κ3) is 5.07. The van der Waals surface area contributed by atoms with Crippen molar-refractivity contribution in [1.82, 2.24) is 10.2 Å². The molecule has 2 aliphatic rings. The molecular formula is C26H35N3O2S. The van der Waals surface area contributed by atoms with Crippen LogP contribution in [-0.4, -0.2) is 41.9 Å². The Labute approximate surface area is 195 Å². The summed E-state index contributed by atoms with van der Waals surface area (Å²) in [6.45, 7) is 3.18. The van der Waals surface area contributed by atoms with Gasteiger partial charge in [-0.05, 0) is 49.6 Å². The Morgan fingerprint density at radius 2 is 1.81 bits per heavy atom. The number of rotatable bonds is 6. The van der Waals surface area contributed by atoms with Gasteiger partial charge in [0.1, 0.15) is 0 Å². The fourth-order valence-corrected chi connectivity index (χ4v) is 5.93. The Hall–Kier alpha value is -2.18. The molecule has 0 radical (unpaired) electrons. The van der Waals surface area contributed by atoms with Gasteiger partial charge in [-0.3, -0.25) is 9.59 Å². The molecule has 1 aliphatic carbocycles. The molecule has 1 saturated carbocycles. The second-order valence-electron chi connectivity index (χ2n) is 9.47. The van der Waals surface area contributed by atoms with E-state index in [2.05, 4.69) is 36.5 Å². The standard InChI is InChI=1S/C26H35N3O2S/c1-19-9-11-20(12-10-19)26(25(31)28-21-6-3-2-4-7-21)13-15-29(16-14-26)24(30)23(27)18-22-8-5-17-32-22/h5,8-12,17,21,23H,2-4,6-7,13-16,18,27H2,1H3,(H,28,31)/t23-/m0/s1. The molecule has 2 heterocycles. The van der Waals surface area contributed by atoms with E-state index in [9.17, 15) is 9.59 Å². The summed E-state index contributed by atoms with van der Waals surface area (Å²) in [5.41, 5.74) is 7.92. The summed E-state index contributed by atoms with van der Waals surface area (Å²) in [6, 6.07) is 12.1. The maximum Gasteiger partial charge on any atom is 0.239 e. The summed E-state index contributed by atoms with van der Waals surface area (Å²) in [5, 5.41) is 5.38. The number of carbonyl (C=O) groups is 2. The molecule has 2 amide bonds. The van der Waals surface area contributed by atoms with Crippen LogP contribution in [0.15, 0.2) is 41.8 Å². The highest BCUT2D eigenvalue weighted by Gasteiger charge is 2.44. The van der Waals surface area contributed by atoms with Crippen LogP contribution in [0.2, 0.25) is 0 Å². The minimum Gasteiger partial charge on any atom is -0.353 e. The van der Waals surface area contributed by atoms with Crippen molar-refractivity contribution in [1.29, 1.82) is 0 Å². The van der Waals surface area contributed by atoms with E-state index in [0.717, 1.165) is 23.3 Å². The maximum atomic E-state index is 13.7. The van der Waals surface area contributed by atoms with Gasteiger partial charge in [0.15, 0.2) is 0 Å². The number of likely N-dealkylation sites (tertiary alicyclic amines) is 1. The Kier molecular flexibility index (Phi) is 7.31. The van der Waals surface area contributed by atoms with Crippen molar-refractivity contribution >= 4 is 23.2 Å². The number of hydrogen-bond acceptors (Lipinski definition) is 4. The number of thiophene rings is 1. The van der Waals surface area contributed by atoms with Crippen molar-refractivity contribution in [3.05, 3.63) is 57.8 Å². The zero-order valence-electron chi connectivity index (χ0n) is 19.0. The predicted molar refractivity (Wildman–Crippen MR) is 130 cm³/mol. The summed E-state index contributed by atoms with van der Waals surface area (Å²) in [5.74, 6) is 0.117. The smallest absolute Gasteiger partial charge is 0.239 e. The van der Waals surface area contributed by atoms with E-state index < -0.39 is 11.5 Å². The topological polar surface area (TPSA) is 75.4 Å². The monoisotopic (exact) mass is 453 g/mol. The van der Waals surface area contributed by atoms with Gasteiger partial charge in [0, 0.05) is 30.4 Å². The molecule has 32 heavy (non-hydrogen) atoms. The van der Waals surface area contributed by atoms with E-state index in [-0.39, 0.29) is 17.9 Å². The quantitative estimate of drug-likeness (QED) is 0.696. The molecule has 1 atom stereocenters. The van der Waals surface area contributed by atoms with Crippen LogP contribution in [-0.2, 0) is 21.4 Å². The Bertz CT molecular complexity index is 896. The zero-order chi connectivity index (χ0) is 22.6. The lowest BCUT2D eigenvalue weighted by atomic mass is 9.71. The van der Waals surface area contributed by atoms with E-state index in [1.807, 2.05) is 22.4 Å². The van der Waals surface area contributed by atoms with Gasteiger partial charge in [0.05, 0.1) is 11.5 Å². The van der Waals surface area contributed by atoms with Crippen LogP contribution < -0.4 is 11.1 Å². The van der Waals surface area contributed by atoms with Crippen molar-refractivity contribution in [3.63, 3.8) is 0 Å². The van der Waals surface area contributed by atoms with E-state index in [1.165, 1.54) is 24.8 Å². The molecule has 1 saturated heterocycles. The molecule has 1 aromatic carbocycles. The first kappa shape index (κ1) is 23.0. The minimum atomic E-state index is -0.584. The van der Waals surface area contributed by atoms with Crippen LogP contribution in [0, 0.1) is 6.92 Å². The average Bonchev–Trinajstić information content (AvgIpc) is 3.33. The van der Waals surface area contributed by atoms with Gasteiger partial charge < -0.3 is 16.0 Å². The molecular weight excluding hydrogens is 418 g/mol. The molecule has 5 nitrogen and oxygen atoms in total. The second kappa shape index (κ2) is 10.2. The second-order valence-corrected chi connectivity index (χ2v) is 10.5. The van der Waals surface area contributed by atoms with Crippen molar-refractivity contribution < 1.29 is 9.59 Å². The third-order valence-corrected chi connectivity index (χ3v) is 8.12. The van der Waals surface area contributed by atoms with Crippen molar-refractivity contribution in [2.75, 3.05) is 13.1 Å². The Morgan fingerprint density at radius 3 is 2.44 bits per heavy atom. The van der Waals surface area contributed by atoms with E-state index in [0.29, 0.717) is 32.4 Å². The van der Waals surface area contributed by atoms with Gasteiger partial charge in [-0.15, -0.1) is 11.3 Å². The lowest BCUT2D eigenvalue weighted by molar-refractivity contribution is -0.138. The lowest BCUT2D eigenvalue weighted by Gasteiger charge is -2.42. The van der Waals surface area contributed by atoms with E-state index >= 15 is 0 Å². The first-order valence-electron chi connectivity index (χ1n) is 11.9. The van der Waals surface area contributed by atoms with E-state index in [4.69, 9.17) is 5.73 Å². The normalized spacial score (nSPS) is 20.0. The number of nitrogens with zero attached hydrogens (tertiary/aromatic N) is 1. The summed E-state index contributed by atoms with van der Waals surface area (Å²) >= 11 is 1.63. The molecule has 1 aromatic heterocycles. The molecule has 0 bridgehead atoms. The predicted octanol–water partition coefficient (Wildman–Crippen LogP) is 3.94. The van der Waals surface area contributed by atoms with Gasteiger partial charge in [-0.1, -0.05) is 55.2 Å². The lowest BCUT2D eigenvalue weighted by Crippen LogP contribution is -2.56. The van der Waals surface area contributed by atoms with Crippen LogP contribution in [0.4, 0.5) is 0 Å². The highest BCUT2D eigenvalue weighted by atomic mass is 32.1. The largest absolute Gasteiger partial charge is 0.353 e. The Balaban J connectivity index is 1.47. The first-order valence-corrected chi connectivity index (χ1v) is 12.8. The average molecular weight is 454 g/mol. The van der Waals surface area contributed by atoms with Crippen LogP contribution in [0.1, 0.15) is 60.9 Å². The highest BCUT2D eigenvalue weighted by Crippen LogP contribution is 2.37. The summed E-state index contributed by atoms with van der Waals surface area (Å²) < 4.78 is 0. The maximum absolute atomic E-state index is 13.7. The van der Waals surface area contributed by atoms with Gasteiger partial charge in [-0.2, -0.15) is 0 Å². The van der Waals surface area contributed by atoms with Crippen LogP contribution >= 0.6 is 11.3 Å². The molecule has 0 unspecified atom stereocenters. The summed E-state index contributed by atoms with van der Waals surface area (Å²) in [7, 11) is 0. The van der Waals surface area contributed by atoms with Crippen molar-refractivity contribution in [2.24, 2.45) is 5.73 Å². The van der Waals surface area contributed by atoms with Crippen LogP contribution in [0.25, 0.3) is 0 Å². The molecule has 3 N–H and O–H groups in total. The van der Waals surface area contributed by atoms with Crippen molar-refractivity contribution in [2.45, 2.75) is 75.8 Å². The number of benzene rings is 1. The van der Waals surface area contributed by atoms with Crippen LogP contribution in [0.3, 0.4) is 0 Å². The SMILES string of the molecule is Cc1ccc(C2(C(=O)NC3CCCCC3)CCN(C(=O)[C@@H](N)Cc3cccs3)CC2)cc1. The minimum absolute atomic E-state index is 0.0106. The van der Waals surface area contributed by atoms with E-state index in [1.54, 1.807) is 11.3 Å². The number of nitrogens with one attached hydrogen (secondary N) is 1. The highest BCUT2D eigenvalue weighted by molar-refractivity contribution is 7.09. The molecule has 0 spiro atoms. The third-order valence-electron chi connectivity index (χ3n) is 7.23. The number of nitrogens with two attached hydrogens (primary N) is 1. The first-order chi connectivity index (χ1) is 15.5. The Morgan fingerprint density at radius 1 is 1.12 bits per heavy atom. The molecule has 2 fully saturated rings. The fraction of sp³-hybridized carbons (Fsp3) is 0.538. The number of carbonyl (C=O) groups excluding carboxylic acids is 2. The number of piperidine rings is 1. The summed E-state index contributed by atoms with van der Waals surface area (Å²) in [4.78, 5) is 29.7. The van der Waals surface area contributed by atoms with Gasteiger partial charge in [0.2, 0.25) is 11.8 Å². The molecule has 6 heteroatoms. The van der Waals surface area contributed by atoms with Gasteiger partial charge >= 0.3 is 0 Å². The fourth-order valence-electron chi connectivity index (χ4n) is 5.17. The molecule has 1 aliphatic heterocycles.